The molecule has 1 aliphatic rings. The van der Waals surface area contributed by atoms with Crippen molar-refractivity contribution in [2.45, 2.75) is 13.0 Å². The Morgan fingerprint density at radius 3 is 2.75 bits per heavy atom. The molecule has 0 aliphatic carbocycles. The summed E-state index contributed by atoms with van der Waals surface area (Å²) in [6, 6.07) is -0.456. The number of rotatable bonds is 2. The normalized spacial score (nSPS) is 20.4. The summed E-state index contributed by atoms with van der Waals surface area (Å²) in [5.74, 6) is -0.0831. The maximum absolute atomic E-state index is 11.9. The van der Waals surface area contributed by atoms with Gasteiger partial charge in [0.1, 0.15) is 6.04 Å². The summed E-state index contributed by atoms with van der Waals surface area (Å²) in [5.41, 5.74) is 0. The predicted molar refractivity (Wildman–Crippen MR) is 59.1 cm³/mol. The van der Waals surface area contributed by atoms with Crippen LogP contribution in [0, 0.1) is 0 Å². The molecule has 2 amide bonds. The fourth-order valence-electron chi connectivity index (χ4n) is 1.65. The molecule has 92 valence electrons. The summed E-state index contributed by atoms with van der Waals surface area (Å²) in [6.07, 6.45) is -0.413. The third-order valence-corrected chi connectivity index (χ3v) is 2.47. The van der Waals surface area contributed by atoms with Gasteiger partial charge in [0, 0.05) is 33.7 Å². The van der Waals surface area contributed by atoms with Gasteiger partial charge in [-0.1, -0.05) is 0 Å². The number of carbonyl (C=O) groups is 2. The first-order valence-electron chi connectivity index (χ1n) is 5.43. The van der Waals surface area contributed by atoms with Gasteiger partial charge < -0.3 is 15.0 Å². The Bertz CT molecular complexity index is 268. The van der Waals surface area contributed by atoms with Crippen LogP contribution in [-0.2, 0) is 9.53 Å². The summed E-state index contributed by atoms with van der Waals surface area (Å²) in [4.78, 5) is 26.5. The van der Waals surface area contributed by atoms with Crippen molar-refractivity contribution in [3.63, 3.8) is 0 Å². The van der Waals surface area contributed by atoms with E-state index in [0.717, 1.165) is 0 Å². The number of likely N-dealkylation sites (N-methyl/N-ethyl adjacent to an activating group) is 1. The van der Waals surface area contributed by atoms with E-state index >= 15 is 0 Å². The van der Waals surface area contributed by atoms with Crippen LogP contribution in [0.3, 0.4) is 0 Å². The van der Waals surface area contributed by atoms with Crippen LogP contribution in [-0.4, -0.2) is 68.2 Å². The Hall–Kier alpha value is -1.30. The van der Waals surface area contributed by atoms with Crippen molar-refractivity contribution in [1.29, 1.82) is 0 Å². The minimum absolute atomic E-state index is 0.0831. The number of nitrogens with zero attached hydrogens (tertiary/aromatic N) is 2. The van der Waals surface area contributed by atoms with E-state index in [1.54, 1.807) is 21.0 Å². The van der Waals surface area contributed by atoms with E-state index in [-0.39, 0.29) is 5.91 Å². The molecule has 0 aromatic rings. The average Bonchev–Trinajstić information content (AvgIpc) is 2.28. The Morgan fingerprint density at radius 1 is 1.50 bits per heavy atom. The second-order valence-corrected chi connectivity index (χ2v) is 3.84. The minimum atomic E-state index is -0.456. The van der Waals surface area contributed by atoms with Gasteiger partial charge in [-0.15, -0.1) is 0 Å². The molecule has 1 atom stereocenters. The quantitative estimate of drug-likeness (QED) is 0.694. The van der Waals surface area contributed by atoms with Crippen LogP contribution < -0.4 is 5.32 Å². The van der Waals surface area contributed by atoms with Gasteiger partial charge in [0.2, 0.25) is 5.91 Å². The largest absolute Gasteiger partial charge is 0.450 e. The first-order valence-corrected chi connectivity index (χ1v) is 5.43. The number of hydrogen-bond acceptors (Lipinski definition) is 4. The van der Waals surface area contributed by atoms with E-state index < -0.39 is 12.1 Å². The summed E-state index contributed by atoms with van der Waals surface area (Å²) < 4.78 is 4.93. The third-order valence-electron chi connectivity index (χ3n) is 2.47. The van der Waals surface area contributed by atoms with E-state index in [4.69, 9.17) is 4.74 Å². The molecule has 0 radical (unpaired) electrons. The van der Waals surface area contributed by atoms with Gasteiger partial charge in [-0.05, 0) is 6.92 Å². The number of amides is 2. The highest BCUT2D eigenvalue weighted by molar-refractivity contribution is 5.85. The van der Waals surface area contributed by atoms with Crippen molar-refractivity contribution >= 4 is 12.0 Å². The Balaban J connectivity index is 2.71. The van der Waals surface area contributed by atoms with E-state index in [2.05, 4.69) is 5.32 Å². The fraction of sp³-hybridized carbons (Fsp3) is 0.800. The summed E-state index contributed by atoms with van der Waals surface area (Å²) in [6.45, 7) is 3.75. The number of hydrogen-bond donors (Lipinski definition) is 1. The zero-order valence-corrected chi connectivity index (χ0v) is 10.0. The van der Waals surface area contributed by atoms with Crippen LogP contribution in [0.2, 0.25) is 0 Å². The first kappa shape index (κ1) is 12.8. The topological polar surface area (TPSA) is 61.9 Å². The highest BCUT2D eigenvalue weighted by atomic mass is 16.6. The minimum Gasteiger partial charge on any atom is -0.450 e. The molecular formula is C10H19N3O3. The molecule has 1 rings (SSSR count). The molecule has 6 nitrogen and oxygen atoms in total. The summed E-state index contributed by atoms with van der Waals surface area (Å²) in [5, 5.41) is 3.10. The molecule has 1 aliphatic heterocycles. The summed E-state index contributed by atoms with van der Waals surface area (Å²) >= 11 is 0. The van der Waals surface area contributed by atoms with Gasteiger partial charge in [-0.25, -0.2) is 4.79 Å². The Labute approximate surface area is 95.5 Å². The van der Waals surface area contributed by atoms with Crippen LogP contribution in [0.15, 0.2) is 0 Å². The Kier molecular flexibility index (Phi) is 4.54. The highest BCUT2D eigenvalue weighted by Gasteiger charge is 2.33. The highest BCUT2D eigenvalue weighted by Crippen LogP contribution is 2.08. The first-order chi connectivity index (χ1) is 7.57. The molecule has 0 spiro atoms. The molecule has 6 heteroatoms. The maximum atomic E-state index is 11.9. The van der Waals surface area contributed by atoms with Crippen molar-refractivity contribution in [3.05, 3.63) is 0 Å². The SMILES string of the molecule is CCOC(=O)N1CCNCC1C(=O)N(C)C. The van der Waals surface area contributed by atoms with E-state index in [1.807, 2.05) is 0 Å². The van der Waals surface area contributed by atoms with Crippen LogP contribution in [0.4, 0.5) is 4.79 Å². The third kappa shape index (κ3) is 2.85. The molecule has 1 unspecified atom stereocenters. The van der Waals surface area contributed by atoms with Crippen LogP contribution in [0.25, 0.3) is 0 Å². The molecule has 1 N–H and O–H groups in total. The number of ether oxygens (including phenoxy) is 1. The van der Waals surface area contributed by atoms with Gasteiger partial charge >= 0.3 is 6.09 Å². The van der Waals surface area contributed by atoms with Gasteiger partial charge in [0.15, 0.2) is 0 Å². The van der Waals surface area contributed by atoms with Crippen LogP contribution in [0.5, 0.6) is 0 Å². The zero-order valence-electron chi connectivity index (χ0n) is 10.0. The van der Waals surface area contributed by atoms with Crippen LogP contribution >= 0.6 is 0 Å². The molecule has 0 aromatic heterocycles. The molecule has 0 saturated carbocycles. The van der Waals surface area contributed by atoms with E-state index in [0.29, 0.717) is 26.2 Å². The molecular weight excluding hydrogens is 210 g/mol. The Morgan fingerprint density at radius 2 is 2.19 bits per heavy atom. The van der Waals surface area contributed by atoms with Gasteiger partial charge in [-0.3, -0.25) is 9.69 Å². The smallest absolute Gasteiger partial charge is 0.410 e. The number of piperazine rings is 1. The molecule has 1 fully saturated rings. The predicted octanol–water partition coefficient (Wildman–Crippen LogP) is -0.495. The van der Waals surface area contributed by atoms with Crippen LogP contribution in [0.1, 0.15) is 6.92 Å². The van der Waals surface area contributed by atoms with E-state index in [9.17, 15) is 9.59 Å². The van der Waals surface area contributed by atoms with Crippen molar-refractivity contribution < 1.29 is 14.3 Å². The second-order valence-electron chi connectivity index (χ2n) is 3.84. The van der Waals surface area contributed by atoms with Gasteiger partial charge in [-0.2, -0.15) is 0 Å². The fourth-order valence-corrected chi connectivity index (χ4v) is 1.65. The molecule has 16 heavy (non-hydrogen) atoms. The van der Waals surface area contributed by atoms with Crippen molar-refractivity contribution in [2.75, 3.05) is 40.3 Å². The lowest BCUT2D eigenvalue weighted by molar-refractivity contribution is -0.134. The standard InChI is InChI=1S/C10H19N3O3/c1-4-16-10(15)13-6-5-11-7-8(13)9(14)12(2)3/h8,11H,4-7H2,1-3H3. The lowest BCUT2D eigenvalue weighted by Gasteiger charge is -2.35. The molecule has 1 heterocycles. The van der Waals surface area contributed by atoms with Crippen molar-refractivity contribution in [2.24, 2.45) is 0 Å². The summed E-state index contributed by atoms with van der Waals surface area (Å²) in [7, 11) is 3.36. The van der Waals surface area contributed by atoms with E-state index in [1.165, 1.54) is 9.80 Å². The molecule has 0 aromatic carbocycles. The lowest BCUT2D eigenvalue weighted by Crippen LogP contribution is -2.59. The average molecular weight is 229 g/mol. The number of carbonyl (C=O) groups excluding carboxylic acids is 2. The maximum Gasteiger partial charge on any atom is 0.410 e. The van der Waals surface area contributed by atoms with Gasteiger partial charge in [0.05, 0.1) is 6.61 Å². The monoisotopic (exact) mass is 229 g/mol. The number of nitrogens with one attached hydrogen (secondary N) is 1. The lowest BCUT2D eigenvalue weighted by atomic mass is 10.2. The van der Waals surface area contributed by atoms with Crippen molar-refractivity contribution in [1.82, 2.24) is 15.1 Å². The van der Waals surface area contributed by atoms with Crippen molar-refractivity contribution in [3.8, 4) is 0 Å². The molecule has 0 bridgehead atoms. The molecule has 1 saturated heterocycles. The second kappa shape index (κ2) is 5.69. The van der Waals surface area contributed by atoms with Gasteiger partial charge in [0.25, 0.3) is 0 Å². The zero-order chi connectivity index (χ0) is 12.1.